The first kappa shape index (κ1) is 10.0. The van der Waals surface area contributed by atoms with Crippen molar-refractivity contribution in [3.8, 4) is 11.8 Å². The molecule has 0 rings (SSSR count). The predicted octanol–water partition coefficient (Wildman–Crippen LogP) is 2.16. The maximum atomic E-state index is 5.13. The summed E-state index contributed by atoms with van der Waals surface area (Å²) in [7, 11) is 0. The Morgan fingerprint density at radius 3 is 3.00 bits per heavy atom. The van der Waals surface area contributed by atoms with Crippen LogP contribution >= 0.6 is 0 Å². The molecule has 0 aromatic carbocycles. The molecule has 0 spiro atoms. The second-order valence-corrected chi connectivity index (χ2v) is 1.97. The number of rotatable bonds is 4. The minimum Gasteiger partial charge on any atom is -0.369 e. The molecular weight excluding hydrogens is 136 g/mol. The van der Waals surface area contributed by atoms with Crippen LogP contribution in [0.2, 0.25) is 0 Å². The van der Waals surface area contributed by atoms with E-state index in [1.807, 2.05) is 0 Å². The van der Waals surface area contributed by atoms with Gasteiger partial charge in [0, 0.05) is 6.61 Å². The van der Waals surface area contributed by atoms with Crippen LogP contribution in [-0.4, -0.2) is 13.2 Å². The Kier molecular flexibility index (Phi) is 8.18. The molecule has 0 atom stereocenters. The average Bonchev–Trinajstić information content (AvgIpc) is 2.03. The van der Waals surface area contributed by atoms with Crippen molar-refractivity contribution in [3.05, 3.63) is 24.8 Å². The lowest BCUT2D eigenvalue weighted by molar-refractivity contribution is 0.168. The van der Waals surface area contributed by atoms with Crippen LogP contribution in [0.1, 0.15) is 13.3 Å². The van der Waals surface area contributed by atoms with Crippen LogP contribution in [0.4, 0.5) is 0 Å². The standard InChI is InChI=1S/C10H14O/c1-3-5-6-7-8-10-11-9-4-2/h3,5-6H,1,4,9-10H2,2H3/b6-5+. The molecule has 0 aliphatic rings. The van der Waals surface area contributed by atoms with Crippen molar-refractivity contribution in [1.82, 2.24) is 0 Å². The predicted molar refractivity (Wildman–Crippen MR) is 48.2 cm³/mol. The topological polar surface area (TPSA) is 9.23 Å². The largest absolute Gasteiger partial charge is 0.369 e. The van der Waals surface area contributed by atoms with Crippen LogP contribution in [-0.2, 0) is 4.74 Å². The first-order chi connectivity index (χ1) is 5.41. The summed E-state index contributed by atoms with van der Waals surface area (Å²) >= 11 is 0. The lowest BCUT2D eigenvalue weighted by Crippen LogP contribution is -1.91. The quantitative estimate of drug-likeness (QED) is 0.339. The lowest BCUT2D eigenvalue weighted by Gasteiger charge is -1.91. The molecule has 0 radical (unpaired) electrons. The molecule has 0 amide bonds. The van der Waals surface area contributed by atoms with Gasteiger partial charge in [0.2, 0.25) is 0 Å². The monoisotopic (exact) mass is 150 g/mol. The Hall–Kier alpha value is -1.00. The van der Waals surface area contributed by atoms with Gasteiger partial charge in [-0.3, -0.25) is 0 Å². The fourth-order valence-corrected chi connectivity index (χ4v) is 0.484. The third-order valence-electron chi connectivity index (χ3n) is 0.940. The minimum atomic E-state index is 0.523. The van der Waals surface area contributed by atoms with Gasteiger partial charge in [0.1, 0.15) is 6.61 Å². The summed E-state index contributed by atoms with van der Waals surface area (Å²) in [5.41, 5.74) is 0. The molecular formula is C10H14O. The lowest BCUT2D eigenvalue weighted by atomic mass is 10.5. The van der Waals surface area contributed by atoms with Crippen molar-refractivity contribution in [2.24, 2.45) is 0 Å². The first-order valence-corrected chi connectivity index (χ1v) is 3.75. The highest BCUT2D eigenvalue weighted by molar-refractivity contribution is 5.18. The van der Waals surface area contributed by atoms with E-state index in [0.29, 0.717) is 6.61 Å². The smallest absolute Gasteiger partial charge is 0.108 e. The molecule has 0 aliphatic carbocycles. The van der Waals surface area contributed by atoms with E-state index >= 15 is 0 Å². The summed E-state index contributed by atoms with van der Waals surface area (Å²) in [6, 6.07) is 0. The Morgan fingerprint density at radius 1 is 1.55 bits per heavy atom. The Labute approximate surface area is 68.8 Å². The number of hydrogen-bond acceptors (Lipinski definition) is 1. The third-order valence-corrected chi connectivity index (χ3v) is 0.940. The summed E-state index contributed by atoms with van der Waals surface area (Å²) in [6.07, 6.45) is 6.29. The molecule has 0 aromatic rings. The molecule has 0 heterocycles. The van der Waals surface area contributed by atoms with Crippen molar-refractivity contribution in [2.75, 3.05) is 13.2 Å². The van der Waals surface area contributed by atoms with Crippen LogP contribution in [0.3, 0.4) is 0 Å². The molecule has 0 unspecified atom stereocenters. The van der Waals surface area contributed by atoms with Crippen LogP contribution in [0, 0.1) is 11.8 Å². The Bertz CT molecular complexity index is 169. The van der Waals surface area contributed by atoms with Crippen LogP contribution < -0.4 is 0 Å². The number of ether oxygens (including phenoxy) is 1. The van der Waals surface area contributed by atoms with E-state index < -0.39 is 0 Å². The zero-order valence-corrected chi connectivity index (χ0v) is 6.97. The molecule has 1 heteroatoms. The van der Waals surface area contributed by atoms with Crippen LogP contribution in [0.15, 0.2) is 24.8 Å². The maximum Gasteiger partial charge on any atom is 0.108 e. The molecule has 0 saturated heterocycles. The van der Waals surface area contributed by atoms with Crippen LogP contribution in [0.5, 0.6) is 0 Å². The van der Waals surface area contributed by atoms with Gasteiger partial charge in [-0.05, 0) is 12.5 Å². The zero-order chi connectivity index (χ0) is 8.36. The van der Waals surface area contributed by atoms with Crippen molar-refractivity contribution in [3.63, 3.8) is 0 Å². The van der Waals surface area contributed by atoms with Crippen LogP contribution in [0.25, 0.3) is 0 Å². The van der Waals surface area contributed by atoms with Crippen molar-refractivity contribution in [1.29, 1.82) is 0 Å². The van der Waals surface area contributed by atoms with E-state index in [4.69, 9.17) is 4.74 Å². The SMILES string of the molecule is C=C/C=C/C#CCOCCC. The maximum absolute atomic E-state index is 5.13. The fourth-order valence-electron chi connectivity index (χ4n) is 0.484. The van der Waals surface area contributed by atoms with E-state index in [9.17, 15) is 0 Å². The highest BCUT2D eigenvalue weighted by Crippen LogP contribution is 1.77. The normalized spacial score (nSPS) is 9.18. The van der Waals surface area contributed by atoms with Crippen molar-refractivity contribution in [2.45, 2.75) is 13.3 Å². The van der Waals surface area contributed by atoms with Gasteiger partial charge in [-0.2, -0.15) is 0 Å². The number of hydrogen-bond donors (Lipinski definition) is 0. The second-order valence-electron chi connectivity index (χ2n) is 1.97. The van der Waals surface area contributed by atoms with Crippen molar-refractivity contribution < 1.29 is 4.74 Å². The van der Waals surface area contributed by atoms with Gasteiger partial charge in [-0.1, -0.05) is 37.5 Å². The molecule has 0 aliphatic heterocycles. The van der Waals surface area contributed by atoms with Gasteiger partial charge in [-0.15, -0.1) is 0 Å². The molecule has 0 saturated carbocycles. The zero-order valence-electron chi connectivity index (χ0n) is 6.97. The minimum absolute atomic E-state index is 0.523. The van der Waals surface area contributed by atoms with Gasteiger partial charge < -0.3 is 4.74 Å². The summed E-state index contributed by atoms with van der Waals surface area (Å²) in [4.78, 5) is 0. The van der Waals surface area contributed by atoms with E-state index in [-0.39, 0.29) is 0 Å². The Balaban J connectivity index is 3.25. The molecule has 1 nitrogen and oxygen atoms in total. The first-order valence-electron chi connectivity index (χ1n) is 3.75. The average molecular weight is 150 g/mol. The van der Waals surface area contributed by atoms with Gasteiger partial charge in [0.25, 0.3) is 0 Å². The van der Waals surface area contributed by atoms with Gasteiger partial charge in [-0.25, -0.2) is 0 Å². The molecule has 11 heavy (non-hydrogen) atoms. The molecule has 0 fully saturated rings. The Morgan fingerprint density at radius 2 is 2.36 bits per heavy atom. The van der Waals surface area contributed by atoms with E-state index in [1.165, 1.54) is 0 Å². The molecule has 0 aromatic heterocycles. The van der Waals surface area contributed by atoms with Gasteiger partial charge in [0.05, 0.1) is 0 Å². The van der Waals surface area contributed by atoms with Gasteiger partial charge in [0.15, 0.2) is 0 Å². The molecule has 0 bridgehead atoms. The summed E-state index contributed by atoms with van der Waals surface area (Å²) in [6.45, 7) is 6.91. The third kappa shape index (κ3) is 9.00. The molecule has 0 N–H and O–H groups in total. The van der Waals surface area contributed by atoms with Crippen molar-refractivity contribution >= 4 is 0 Å². The summed E-state index contributed by atoms with van der Waals surface area (Å²) in [5, 5.41) is 0. The highest BCUT2D eigenvalue weighted by Gasteiger charge is 1.76. The number of allylic oxidation sites excluding steroid dienone is 3. The van der Waals surface area contributed by atoms with Gasteiger partial charge >= 0.3 is 0 Å². The molecule has 60 valence electrons. The van der Waals surface area contributed by atoms with E-state index in [0.717, 1.165) is 13.0 Å². The van der Waals surface area contributed by atoms with E-state index in [2.05, 4.69) is 25.3 Å². The fraction of sp³-hybridized carbons (Fsp3) is 0.400. The summed E-state index contributed by atoms with van der Waals surface area (Å²) < 4.78 is 5.13. The summed E-state index contributed by atoms with van der Waals surface area (Å²) in [5.74, 6) is 5.67. The highest BCUT2D eigenvalue weighted by atomic mass is 16.5. The second kappa shape index (κ2) is 9.00. The van der Waals surface area contributed by atoms with E-state index in [1.54, 1.807) is 18.2 Å².